The number of fused-ring (bicyclic) bond motifs is 2. The SMILES string of the molecule is NC1=NC(=O)C2=NC(=O)N([C@@H]3O[C@H](CO)[C@@H](O)[C@H]3OP(=O)(O)O)C2=N1.c1ncc2[nH]cnc2n1. The van der Waals surface area contributed by atoms with Gasteiger partial charge in [-0.25, -0.2) is 29.2 Å². The number of urea groups is 1. The molecule has 3 aliphatic heterocycles. The fourth-order valence-corrected chi connectivity index (χ4v) is 3.76. The summed E-state index contributed by atoms with van der Waals surface area (Å²) in [5.41, 5.74) is 6.51. The molecule has 7 N–H and O–H groups in total. The smallest absolute Gasteiger partial charge is 0.394 e. The molecule has 2 aromatic rings. The molecule has 0 aliphatic carbocycles. The first-order valence-electron chi connectivity index (χ1n) is 9.26. The van der Waals surface area contributed by atoms with Gasteiger partial charge in [-0.05, 0) is 0 Å². The summed E-state index contributed by atoms with van der Waals surface area (Å²) in [5, 5.41) is 19.3. The van der Waals surface area contributed by atoms with Crippen molar-refractivity contribution in [2.24, 2.45) is 20.7 Å². The van der Waals surface area contributed by atoms with E-state index >= 15 is 0 Å². The molecule has 5 rings (SSSR count). The van der Waals surface area contributed by atoms with Gasteiger partial charge in [-0.3, -0.25) is 9.32 Å². The molecule has 0 radical (unpaired) electrons. The number of aliphatic imine (C=N–C) groups is 3. The number of nitrogens with two attached hydrogens (primary N) is 1. The van der Waals surface area contributed by atoms with Crippen LogP contribution in [0, 0.1) is 0 Å². The third-order valence-corrected chi connectivity index (χ3v) is 5.12. The molecule has 1 saturated heterocycles. The lowest BCUT2D eigenvalue weighted by atomic mass is 10.1. The number of rotatable bonds is 4. The maximum absolute atomic E-state index is 12.1. The van der Waals surface area contributed by atoms with E-state index < -0.39 is 62.6 Å². The summed E-state index contributed by atoms with van der Waals surface area (Å²) in [4.78, 5) is 67.5. The van der Waals surface area contributed by atoms with Gasteiger partial charge in [-0.2, -0.15) is 15.0 Å². The van der Waals surface area contributed by atoms with Crippen molar-refractivity contribution < 1.29 is 43.4 Å². The van der Waals surface area contributed by atoms with Crippen molar-refractivity contribution >= 4 is 48.4 Å². The Balaban J connectivity index is 0.000000252. The van der Waals surface area contributed by atoms with Gasteiger partial charge in [0.25, 0.3) is 0 Å². The summed E-state index contributed by atoms with van der Waals surface area (Å²) in [6.45, 7) is -0.733. The Morgan fingerprint density at radius 2 is 2.00 bits per heavy atom. The first-order valence-corrected chi connectivity index (χ1v) is 10.8. The van der Waals surface area contributed by atoms with Gasteiger partial charge in [0, 0.05) is 0 Å². The minimum Gasteiger partial charge on any atom is -0.394 e. The van der Waals surface area contributed by atoms with Crippen LogP contribution in [0.5, 0.6) is 0 Å². The average Bonchev–Trinajstić information content (AvgIpc) is 3.44. The molecule has 0 bridgehead atoms. The number of aliphatic hydroxyl groups is 2. The van der Waals surface area contributed by atoms with Crippen LogP contribution >= 0.6 is 7.82 Å². The van der Waals surface area contributed by atoms with E-state index in [2.05, 4.69) is 39.4 Å². The van der Waals surface area contributed by atoms with Gasteiger partial charge in [-0.15, -0.1) is 0 Å². The van der Waals surface area contributed by atoms with E-state index in [0.717, 1.165) is 5.52 Å². The second-order valence-corrected chi connectivity index (χ2v) is 7.98. The highest BCUT2D eigenvalue weighted by Gasteiger charge is 2.54. The van der Waals surface area contributed by atoms with E-state index in [1.165, 1.54) is 6.33 Å². The largest absolute Gasteiger partial charge is 0.470 e. The molecule has 3 aliphatic rings. The third kappa shape index (κ3) is 4.59. The standard InChI is InChI=1S/C10H12N5O9P.C5H4N4/c11-9-13-6-3(7(18)14-9)12-10(19)15(6)8-5(24-25(20,21)22)4(17)2(1-16)23-8;1-4-5(8-2-6-1)9-3-7-4/h2,4-5,8,16-17H,1H2,(H2,11,14,18)(H2,20,21,22);1-3H,(H,6,7,8,9)/t2-,4-,5-,8-;/m1./s1. The van der Waals surface area contributed by atoms with Crippen molar-refractivity contribution in [3.05, 3.63) is 18.9 Å². The first kappa shape index (κ1) is 23.6. The molecular formula is C15H16N9O9P. The molecule has 0 unspecified atom stereocenters. The van der Waals surface area contributed by atoms with E-state index in [4.69, 9.17) is 20.3 Å². The number of amides is 3. The second kappa shape index (κ2) is 9.03. The van der Waals surface area contributed by atoms with Crippen molar-refractivity contribution in [3.63, 3.8) is 0 Å². The number of imidazole rings is 1. The maximum atomic E-state index is 12.1. The van der Waals surface area contributed by atoms with Gasteiger partial charge in [0.15, 0.2) is 23.4 Å². The maximum Gasteiger partial charge on any atom is 0.470 e. The number of H-pyrrole nitrogens is 1. The number of amidine groups is 1. The van der Waals surface area contributed by atoms with Crippen LogP contribution in [-0.2, 0) is 18.6 Å². The Hall–Kier alpha value is -3.51. The molecule has 5 heterocycles. The first-order chi connectivity index (χ1) is 16.1. The summed E-state index contributed by atoms with van der Waals surface area (Å²) in [6, 6.07) is -1.07. The zero-order valence-electron chi connectivity index (χ0n) is 16.7. The number of phosphoric acid groups is 1. The molecule has 2 aromatic heterocycles. The lowest BCUT2D eigenvalue weighted by Crippen LogP contribution is -2.50. The monoisotopic (exact) mass is 497 g/mol. The fourth-order valence-electron chi connectivity index (χ4n) is 3.21. The Morgan fingerprint density at radius 1 is 1.24 bits per heavy atom. The molecule has 0 saturated carbocycles. The molecule has 180 valence electrons. The van der Waals surface area contributed by atoms with Crippen molar-refractivity contribution in [2.75, 3.05) is 6.61 Å². The number of aromatic nitrogens is 4. The van der Waals surface area contributed by atoms with Crippen LogP contribution in [0.25, 0.3) is 11.2 Å². The van der Waals surface area contributed by atoms with Gasteiger partial charge >= 0.3 is 19.8 Å². The topological polar surface area (TPSA) is 271 Å². The predicted molar refractivity (Wildman–Crippen MR) is 109 cm³/mol. The van der Waals surface area contributed by atoms with E-state index in [1.807, 2.05) is 0 Å². The summed E-state index contributed by atoms with van der Waals surface area (Å²) in [5.74, 6) is -1.77. The lowest BCUT2D eigenvalue weighted by Gasteiger charge is -2.28. The molecule has 4 atom stereocenters. The Kier molecular flexibility index (Phi) is 6.28. The molecule has 18 nitrogen and oxygen atoms in total. The molecule has 1 fully saturated rings. The third-order valence-electron chi connectivity index (χ3n) is 4.60. The van der Waals surface area contributed by atoms with Gasteiger partial charge in [0.05, 0.1) is 19.1 Å². The Bertz CT molecular complexity index is 1240. The quantitative estimate of drug-likeness (QED) is 0.230. The number of hydrogen-bond acceptors (Lipinski definition) is 12. The van der Waals surface area contributed by atoms with Crippen molar-refractivity contribution in [2.45, 2.75) is 24.5 Å². The van der Waals surface area contributed by atoms with Crippen molar-refractivity contribution in [1.29, 1.82) is 0 Å². The predicted octanol–water partition coefficient (Wildman–Crippen LogP) is -2.97. The van der Waals surface area contributed by atoms with Crippen molar-refractivity contribution in [3.8, 4) is 0 Å². The van der Waals surface area contributed by atoms with E-state index in [-0.39, 0.29) is 5.84 Å². The summed E-state index contributed by atoms with van der Waals surface area (Å²) in [6.07, 6.45) is -1.63. The Morgan fingerprint density at radius 3 is 2.68 bits per heavy atom. The van der Waals surface area contributed by atoms with Crippen LogP contribution in [0.15, 0.2) is 33.8 Å². The molecule has 34 heavy (non-hydrogen) atoms. The lowest BCUT2D eigenvalue weighted by molar-refractivity contribution is -0.111. The van der Waals surface area contributed by atoms with Crippen LogP contribution in [-0.4, -0.2) is 105 Å². The van der Waals surface area contributed by atoms with Gasteiger partial charge in [-0.1, -0.05) is 0 Å². The summed E-state index contributed by atoms with van der Waals surface area (Å²) in [7, 11) is -5.10. The van der Waals surface area contributed by atoms with Crippen LogP contribution in [0.1, 0.15) is 0 Å². The van der Waals surface area contributed by atoms with Crippen LogP contribution < -0.4 is 5.73 Å². The number of ether oxygens (including phenoxy) is 1. The summed E-state index contributed by atoms with van der Waals surface area (Å²) >= 11 is 0. The zero-order valence-corrected chi connectivity index (χ0v) is 17.6. The number of aliphatic hydroxyl groups excluding tert-OH is 2. The number of nitrogens with zero attached hydrogens (tertiary/aromatic N) is 7. The Labute approximate surface area is 188 Å². The average molecular weight is 497 g/mol. The van der Waals surface area contributed by atoms with Crippen LogP contribution in [0.3, 0.4) is 0 Å². The molecule has 19 heteroatoms. The molecule has 0 spiro atoms. The second-order valence-electron chi connectivity index (χ2n) is 6.78. The zero-order chi connectivity index (χ0) is 24.6. The van der Waals surface area contributed by atoms with Crippen LogP contribution in [0.4, 0.5) is 4.79 Å². The van der Waals surface area contributed by atoms with Gasteiger partial charge in [0.2, 0.25) is 5.96 Å². The van der Waals surface area contributed by atoms with E-state index in [1.54, 1.807) is 12.5 Å². The highest BCUT2D eigenvalue weighted by Crippen LogP contribution is 2.43. The minimum atomic E-state index is -5.10. The molecular weight excluding hydrogens is 481 g/mol. The highest BCUT2D eigenvalue weighted by atomic mass is 31.2. The van der Waals surface area contributed by atoms with Gasteiger partial charge in [0.1, 0.15) is 30.2 Å². The number of guanidine groups is 1. The van der Waals surface area contributed by atoms with Crippen molar-refractivity contribution in [1.82, 2.24) is 24.8 Å². The number of carbonyl (C=O) groups is 2. The number of hydrogen-bond donors (Lipinski definition) is 6. The molecule has 0 aromatic carbocycles. The fraction of sp³-hybridized carbons (Fsp3) is 0.333. The number of carbonyl (C=O) groups excluding carboxylic acids is 2. The molecule has 3 amide bonds. The highest BCUT2D eigenvalue weighted by molar-refractivity contribution is 7.46. The number of aromatic amines is 1. The normalized spacial score (nSPS) is 26.6. The van der Waals surface area contributed by atoms with Crippen LogP contribution in [0.2, 0.25) is 0 Å². The number of phosphoric ester groups is 1. The number of nitrogens with one attached hydrogen (secondary N) is 1. The van der Waals surface area contributed by atoms with E-state index in [9.17, 15) is 24.4 Å². The minimum absolute atomic E-state index is 0.363. The van der Waals surface area contributed by atoms with E-state index in [0.29, 0.717) is 10.5 Å². The van der Waals surface area contributed by atoms with Gasteiger partial charge < -0.3 is 35.5 Å². The summed E-state index contributed by atoms with van der Waals surface area (Å²) < 4.78 is 20.9.